The summed E-state index contributed by atoms with van der Waals surface area (Å²) < 4.78 is 2.39. The second kappa shape index (κ2) is 16.8. The number of anilines is 3. The minimum Gasteiger partial charge on any atom is -0.310 e. The molecule has 0 aliphatic heterocycles. The summed E-state index contributed by atoms with van der Waals surface area (Å²) in [5, 5.41) is 4.98. The van der Waals surface area contributed by atoms with E-state index in [0.717, 1.165) is 33.9 Å². The minimum absolute atomic E-state index is 1.07. The standard InChI is InChI=1S/C64H44N2/c1-3-17-45(18-4-1)51-35-42-57(56-24-10-9-23-55(56)48-20-5-2-6-21-48)61(44-51)60-27-13-14-28-62(60)65(52-36-33-47(34-37-52)50-32-31-46-19-7-8-22-49(46)43-50)53-38-40-54(41-39-53)66-63-29-15-11-25-58(63)59-26-12-16-30-64(59)66/h1-44H. The van der Waals surface area contributed by atoms with Crippen LogP contribution in [0.4, 0.5) is 17.1 Å². The zero-order valence-corrected chi connectivity index (χ0v) is 36.3. The number of hydrogen-bond donors (Lipinski definition) is 0. The van der Waals surface area contributed by atoms with Crippen molar-refractivity contribution < 1.29 is 0 Å². The first-order valence-corrected chi connectivity index (χ1v) is 22.7. The number of rotatable bonds is 9. The molecule has 1 heterocycles. The van der Waals surface area contributed by atoms with Crippen LogP contribution < -0.4 is 4.90 Å². The Kier molecular flexibility index (Phi) is 9.89. The lowest BCUT2D eigenvalue weighted by Gasteiger charge is -2.29. The van der Waals surface area contributed by atoms with Crippen LogP contribution in [0, 0.1) is 0 Å². The van der Waals surface area contributed by atoms with Crippen LogP contribution in [-0.4, -0.2) is 4.57 Å². The normalized spacial score (nSPS) is 11.3. The number of fused-ring (bicyclic) bond motifs is 4. The van der Waals surface area contributed by atoms with Crippen molar-refractivity contribution in [1.82, 2.24) is 4.57 Å². The van der Waals surface area contributed by atoms with E-state index >= 15 is 0 Å². The topological polar surface area (TPSA) is 8.17 Å². The molecule has 310 valence electrons. The van der Waals surface area contributed by atoms with E-state index in [9.17, 15) is 0 Å². The van der Waals surface area contributed by atoms with Gasteiger partial charge in [-0.25, -0.2) is 0 Å². The first kappa shape index (κ1) is 38.9. The maximum Gasteiger partial charge on any atom is 0.0541 e. The van der Waals surface area contributed by atoms with Crippen LogP contribution >= 0.6 is 0 Å². The van der Waals surface area contributed by atoms with Gasteiger partial charge in [-0.3, -0.25) is 0 Å². The lowest BCUT2D eigenvalue weighted by Crippen LogP contribution is -2.11. The number of nitrogens with zero attached hydrogens (tertiary/aromatic N) is 2. The van der Waals surface area contributed by atoms with Crippen LogP contribution in [0.2, 0.25) is 0 Å². The van der Waals surface area contributed by atoms with Crippen LogP contribution in [0.1, 0.15) is 0 Å². The van der Waals surface area contributed by atoms with E-state index in [1.807, 2.05) is 0 Å². The third-order valence-corrected chi connectivity index (χ3v) is 13.0. The predicted octanol–water partition coefficient (Wildman–Crippen LogP) is 17.7. The molecule has 0 amide bonds. The molecule has 2 heteroatoms. The fourth-order valence-corrected chi connectivity index (χ4v) is 9.85. The molecule has 0 saturated carbocycles. The Labute approximate surface area is 385 Å². The van der Waals surface area contributed by atoms with Gasteiger partial charge in [-0.15, -0.1) is 0 Å². The molecule has 0 atom stereocenters. The SMILES string of the molecule is c1ccc(-c2ccc(-c3ccccc3-c3ccccc3)c(-c3ccccc3N(c3ccc(-c4ccc5ccccc5c4)cc3)c3ccc(-n4c5ccccc5c5ccccc54)cc3)c2)cc1. The van der Waals surface area contributed by atoms with Crippen molar-refractivity contribution in [3.63, 3.8) is 0 Å². The summed E-state index contributed by atoms with van der Waals surface area (Å²) in [7, 11) is 0. The van der Waals surface area contributed by atoms with E-state index in [2.05, 4.69) is 276 Å². The molecular formula is C64H44N2. The molecule has 1 aromatic heterocycles. The molecule has 66 heavy (non-hydrogen) atoms. The summed E-state index contributed by atoms with van der Waals surface area (Å²) in [5.74, 6) is 0. The fraction of sp³-hybridized carbons (Fsp3) is 0. The molecule has 0 spiro atoms. The van der Waals surface area contributed by atoms with Gasteiger partial charge in [-0.05, 0) is 128 Å². The van der Waals surface area contributed by atoms with E-state index in [1.165, 1.54) is 77.1 Å². The van der Waals surface area contributed by atoms with Crippen LogP contribution in [0.25, 0.3) is 93.9 Å². The van der Waals surface area contributed by atoms with Crippen LogP contribution in [0.3, 0.4) is 0 Å². The van der Waals surface area contributed by atoms with Gasteiger partial charge in [0.2, 0.25) is 0 Å². The lowest BCUT2D eigenvalue weighted by atomic mass is 9.86. The third kappa shape index (κ3) is 7.02. The quantitative estimate of drug-likeness (QED) is 0.141. The van der Waals surface area contributed by atoms with E-state index in [0.29, 0.717) is 0 Å². The van der Waals surface area contributed by atoms with Crippen LogP contribution in [0.15, 0.2) is 267 Å². The number of hydrogen-bond acceptors (Lipinski definition) is 1. The highest BCUT2D eigenvalue weighted by molar-refractivity contribution is 6.09. The molecule has 11 aromatic carbocycles. The summed E-state index contributed by atoms with van der Waals surface area (Å²) in [4.78, 5) is 2.43. The van der Waals surface area contributed by atoms with Crippen molar-refractivity contribution in [1.29, 1.82) is 0 Å². The van der Waals surface area contributed by atoms with Gasteiger partial charge >= 0.3 is 0 Å². The molecule has 0 unspecified atom stereocenters. The molecular weight excluding hydrogens is 797 g/mol. The highest BCUT2D eigenvalue weighted by Gasteiger charge is 2.22. The average Bonchev–Trinajstić information content (AvgIpc) is 3.74. The van der Waals surface area contributed by atoms with Gasteiger partial charge in [0.15, 0.2) is 0 Å². The van der Waals surface area contributed by atoms with Crippen molar-refractivity contribution in [3.05, 3.63) is 267 Å². The Morgan fingerprint density at radius 2 is 0.727 bits per heavy atom. The van der Waals surface area contributed by atoms with Crippen molar-refractivity contribution in [3.8, 4) is 61.3 Å². The molecule has 12 aromatic rings. The summed E-state index contributed by atoms with van der Waals surface area (Å²) in [6.07, 6.45) is 0. The first-order chi connectivity index (χ1) is 32.7. The molecule has 0 radical (unpaired) electrons. The number of benzene rings is 11. The molecule has 12 rings (SSSR count). The van der Waals surface area contributed by atoms with Crippen molar-refractivity contribution in [2.24, 2.45) is 0 Å². The molecule has 0 aliphatic carbocycles. The minimum atomic E-state index is 1.07. The molecule has 0 aliphatic rings. The van der Waals surface area contributed by atoms with Crippen molar-refractivity contribution >= 4 is 49.6 Å². The lowest BCUT2D eigenvalue weighted by molar-refractivity contribution is 1.17. The Hall–Kier alpha value is -8.72. The maximum atomic E-state index is 2.43. The van der Waals surface area contributed by atoms with Gasteiger partial charge < -0.3 is 9.47 Å². The Balaban J connectivity index is 1.05. The molecule has 0 N–H and O–H groups in total. The van der Waals surface area contributed by atoms with E-state index < -0.39 is 0 Å². The summed E-state index contributed by atoms with van der Waals surface area (Å²) in [6.45, 7) is 0. The highest BCUT2D eigenvalue weighted by atomic mass is 15.1. The Morgan fingerprint density at radius 3 is 1.42 bits per heavy atom. The van der Waals surface area contributed by atoms with Gasteiger partial charge in [0, 0.05) is 33.4 Å². The molecule has 2 nitrogen and oxygen atoms in total. The fourth-order valence-electron chi connectivity index (χ4n) is 9.85. The second-order valence-electron chi connectivity index (χ2n) is 16.9. The molecule has 0 fully saturated rings. The number of aromatic nitrogens is 1. The Morgan fingerprint density at radius 1 is 0.258 bits per heavy atom. The van der Waals surface area contributed by atoms with Gasteiger partial charge in [0.1, 0.15) is 0 Å². The van der Waals surface area contributed by atoms with Crippen molar-refractivity contribution in [2.45, 2.75) is 0 Å². The Bertz CT molecular complexity index is 3630. The largest absolute Gasteiger partial charge is 0.310 e. The summed E-state index contributed by atoms with van der Waals surface area (Å²) in [6, 6.07) is 97.0. The van der Waals surface area contributed by atoms with Crippen LogP contribution in [-0.2, 0) is 0 Å². The third-order valence-electron chi connectivity index (χ3n) is 13.0. The smallest absolute Gasteiger partial charge is 0.0541 e. The number of para-hydroxylation sites is 3. The summed E-state index contributed by atoms with van der Waals surface area (Å²) in [5.41, 5.74) is 18.5. The van der Waals surface area contributed by atoms with Gasteiger partial charge in [0.25, 0.3) is 0 Å². The van der Waals surface area contributed by atoms with E-state index in [1.54, 1.807) is 0 Å². The first-order valence-electron chi connectivity index (χ1n) is 22.7. The molecule has 0 bridgehead atoms. The van der Waals surface area contributed by atoms with Crippen LogP contribution in [0.5, 0.6) is 0 Å². The summed E-state index contributed by atoms with van der Waals surface area (Å²) >= 11 is 0. The maximum absolute atomic E-state index is 2.43. The monoisotopic (exact) mass is 840 g/mol. The zero-order valence-electron chi connectivity index (χ0n) is 36.3. The van der Waals surface area contributed by atoms with Crippen molar-refractivity contribution in [2.75, 3.05) is 4.90 Å². The predicted molar refractivity (Wildman–Crippen MR) is 280 cm³/mol. The van der Waals surface area contributed by atoms with E-state index in [4.69, 9.17) is 0 Å². The van der Waals surface area contributed by atoms with Gasteiger partial charge in [-0.2, -0.15) is 0 Å². The average molecular weight is 841 g/mol. The van der Waals surface area contributed by atoms with Gasteiger partial charge in [0.05, 0.1) is 16.7 Å². The van der Waals surface area contributed by atoms with Gasteiger partial charge in [-0.1, -0.05) is 200 Å². The zero-order chi connectivity index (χ0) is 43.8. The molecule has 0 saturated heterocycles. The van der Waals surface area contributed by atoms with E-state index in [-0.39, 0.29) is 0 Å². The highest BCUT2D eigenvalue weighted by Crippen LogP contribution is 2.47. The second-order valence-corrected chi connectivity index (χ2v) is 16.9.